The van der Waals surface area contributed by atoms with E-state index in [1.54, 1.807) is 38.1 Å². The molecule has 2 N–H and O–H groups in total. The zero-order valence-electron chi connectivity index (χ0n) is 12.7. The van der Waals surface area contributed by atoms with Gasteiger partial charge in [0.1, 0.15) is 12.6 Å². The molecule has 0 saturated carbocycles. The van der Waals surface area contributed by atoms with Crippen molar-refractivity contribution in [3.05, 3.63) is 34.9 Å². The predicted molar refractivity (Wildman–Crippen MR) is 82.6 cm³/mol. The summed E-state index contributed by atoms with van der Waals surface area (Å²) in [6.45, 7) is 3.32. The summed E-state index contributed by atoms with van der Waals surface area (Å²) in [6.07, 6.45) is 0. The van der Waals surface area contributed by atoms with Gasteiger partial charge in [0.15, 0.2) is 0 Å². The highest BCUT2D eigenvalue weighted by molar-refractivity contribution is 6.33. The van der Waals surface area contributed by atoms with Gasteiger partial charge in [-0.2, -0.15) is 0 Å². The van der Waals surface area contributed by atoms with Crippen LogP contribution in [0.4, 0.5) is 0 Å². The third kappa shape index (κ3) is 5.04. The van der Waals surface area contributed by atoms with Crippen LogP contribution >= 0.6 is 11.6 Å². The molecular formula is C15H19ClN2O4. The topological polar surface area (TPSA) is 84.5 Å². The molecule has 0 aliphatic heterocycles. The lowest BCUT2D eigenvalue weighted by atomic mass is 10.0. The summed E-state index contributed by atoms with van der Waals surface area (Å²) in [5.74, 6) is -1.63. The van der Waals surface area contributed by atoms with Crippen LogP contribution in [0.2, 0.25) is 5.02 Å². The number of nitrogens with one attached hydrogen (secondary N) is 2. The number of carbonyl (C=O) groups excluding carboxylic acids is 3. The van der Waals surface area contributed by atoms with Gasteiger partial charge in [0, 0.05) is 0 Å². The van der Waals surface area contributed by atoms with Crippen LogP contribution in [0, 0.1) is 5.92 Å². The normalized spacial score (nSPS) is 11.7. The summed E-state index contributed by atoms with van der Waals surface area (Å²) < 4.78 is 4.45. The van der Waals surface area contributed by atoms with Crippen LogP contribution in [0.15, 0.2) is 24.3 Å². The number of hydrogen-bond acceptors (Lipinski definition) is 4. The number of hydrogen-bond donors (Lipinski definition) is 2. The zero-order chi connectivity index (χ0) is 16.7. The van der Waals surface area contributed by atoms with E-state index in [-0.39, 0.29) is 18.0 Å². The van der Waals surface area contributed by atoms with Gasteiger partial charge in [-0.15, -0.1) is 0 Å². The quantitative estimate of drug-likeness (QED) is 0.774. The number of ether oxygens (including phenoxy) is 1. The van der Waals surface area contributed by atoms with Crippen LogP contribution in [0.25, 0.3) is 0 Å². The molecule has 7 heteroatoms. The fourth-order valence-electron chi connectivity index (χ4n) is 1.74. The van der Waals surface area contributed by atoms with Gasteiger partial charge in [-0.1, -0.05) is 37.6 Å². The average Bonchev–Trinajstić information content (AvgIpc) is 2.49. The summed E-state index contributed by atoms with van der Waals surface area (Å²) >= 11 is 5.96. The molecule has 1 aromatic carbocycles. The smallest absolute Gasteiger partial charge is 0.325 e. The number of methoxy groups -OCH3 is 1. The summed E-state index contributed by atoms with van der Waals surface area (Å²) in [5.41, 5.74) is 0.288. The van der Waals surface area contributed by atoms with Crippen LogP contribution in [0.3, 0.4) is 0 Å². The van der Waals surface area contributed by atoms with Crippen molar-refractivity contribution in [3.8, 4) is 0 Å². The van der Waals surface area contributed by atoms with Gasteiger partial charge in [0.25, 0.3) is 5.91 Å². The molecule has 0 aliphatic rings. The second-order valence-corrected chi connectivity index (χ2v) is 5.38. The maximum Gasteiger partial charge on any atom is 0.325 e. The van der Waals surface area contributed by atoms with E-state index in [9.17, 15) is 14.4 Å². The molecule has 0 unspecified atom stereocenters. The second-order valence-electron chi connectivity index (χ2n) is 4.97. The number of rotatable bonds is 6. The van der Waals surface area contributed by atoms with Crippen LogP contribution in [0.1, 0.15) is 24.2 Å². The van der Waals surface area contributed by atoms with E-state index in [0.717, 1.165) is 0 Å². The number of benzene rings is 1. The lowest BCUT2D eigenvalue weighted by Crippen LogP contribution is -2.50. The molecule has 1 aromatic rings. The second kappa shape index (κ2) is 8.38. The number of halogens is 1. The molecule has 22 heavy (non-hydrogen) atoms. The van der Waals surface area contributed by atoms with E-state index in [4.69, 9.17) is 11.6 Å². The Bertz CT molecular complexity index is 560. The van der Waals surface area contributed by atoms with Crippen molar-refractivity contribution in [2.45, 2.75) is 19.9 Å². The molecule has 0 bridgehead atoms. The van der Waals surface area contributed by atoms with Gasteiger partial charge in [0.2, 0.25) is 5.91 Å². The molecule has 0 aromatic heterocycles. The number of amides is 2. The SMILES string of the molecule is COC(=O)CNC(=O)[C@@H](NC(=O)c1ccccc1Cl)C(C)C. The van der Waals surface area contributed by atoms with Crippen molar-refractivity contribution in [3.63, 3.8) is 0 Å². The van der Waals surface area contributed by atoms with E-state index in [1.807, 2.05) is 0 Å². The van der Waals surface area contributed by atoms with Gasteiger partial charge in [-0.25, -0.2) is 0 Å². The number of carbonyl (C=O) groups is 3. The van der Waals surface area contributed by atoms with Crippen LogP contribution in [-0.2, 0) is 14.3 Å². The molecule has 1 atom stereocenters. The molecule has 2 amide bonds. The third-order valence-corrected chi connectivity index (χ3v) is 3.32. The van der Waals surface area contributed by atoms with Crippen molar-refractivity contribution < 1.29 is 19.1 Å². The first-order valence-electron chi connectivity index (χ1n) is 6.76. The highest BCUT2D eigenvalue weighted by atomic mass is 35.5. The number of esters is 1. The van der Waals surface area contributed by atoms with Gasteiger partial charge in [-0.05, 0) is 18.1 Å². The molecule has 0 radical (unpaired) electrons. The van der Waals surface area contributed by atoms with Gasteiger partial charge in [-0.3, -0.25) is 14.4 Å². The maximum absolute atomic E-state index is 12.2. The molecule has 0 fully saturated rings. The summed E-state index contributed by atoms with van der Waals surface area (Å²) in [7, 11) is 1.23. The summed E-state index contributed by atoms with van der Waals surface area (Å²) in [5, 5.41) is 5.36. The molecule has 6 nitrogen and oxygen atoms in total. The first kappa shape index (κ1) is 18.0. The highest BCUT2D eigenvalue weighted by Crippen LogP contribution is 2.15. The largest absolute Gasteiger partial charge is 0.468 e. The first-order valence-corrected chi connectivity index (χ1v) is 7.14. The minimum atomic E-state index is -0.784. The maximum atomic E-state index is 12.2. The molecule has 0 aliphatic carbocycles. The van der Waals surface area contributed by atoms with Crippen molar-refractivity contribution in [2.24, 2.45) is 5.92 Å². The molecular weight excluding hydrogens is 308 g/mol. The summed E-state index contributed by atoms with van der Waals surface area (Å²) in [4.78, 5) is 35.4. The van der Waals surface area contributed by atoms with E-state index in [1.165, 1.54) is 7.11 Å². The molecule has 0 saturated heterocycles. The van der Waals surface area contributed by atoms with Crippen LogP contribution in [-0.4, -0.2) is 37.5 Å². The minimum absolute atomic E-state index is 0.163. The Morgan fingerprint density at radius 2 is 1.86 bits per heavy atom. The Morgan fingerprint density at radius 3 is 2.41 bits per heavy atom. The third-order valence-electron chi connectivity index (χ3n) is 2.99. The fourth-order valence-corrected chi connectivity index (χ4v) is 1.96. The van der Waals surface area contributed by atoms with E-state index in [0.29, 0.717) is 5.02 Å². The van der Waals surface area contributed by atoms with E-state index in [2.05, 4.69) is 15.4 Å². The van der Waals surface area contributed by atoms with Gasteiger partial charge >= 0.3 is 5.97 Å². The van der Waals surface area contributed by atoms with Crippen LogP contribution < -0.4 is 10.6 Å². The Labute approximate surface area is 134 Å². The zero-order valence-corrected chi connectivity index (χ0v) is 13.4. The first-order chi connectivity index (χ1) is 10.4. The van der Waals surface area contributed by atoms with Gasteiger partial charge < -0.3 is 15.4 Å². The average molecular weight is 327 g/mol. The molecule has 120 valence electrons. The van der Waals surface area contributed by atoms with Crippen LogP contribution in [0.5, 0.6) is 0 Å². The predicted octanol–water partition coefficient (Wildman–Crippen LogP) is 1.38. The Hall–Kier alpha value is -2.08. The minimum Gasteiger partial charge on any atom is -0.468 e. The molecule has 1 rings (SSSR count). The highest BCUT2D eigenvalue weighted by Gasteiger charge is 2.25. The summed E-state index contributed by atoms with van der Waals surface area (Å²) in [6, 6.07) is 5.78. The standard InChI is InChI=1S/C15H19ClN2O4/c1-9(2)13(15(21)17-8-12(19)22-3)18-14(20)10-6-4-5-7-11(10)16/h4-7,9,13H,8H2,1-3H3,(H,17,21)(H,18,20)/t13-/m0/s1. The van der Waals surface area contributed by atoms with Crippen molar-refractivity contribution in [1.29, 1.82) is 0 Å². The lowest BCUT2D eigenvalue weighted by molar-refractivity contribution is -0.141. The van der Waals surface area contributed by atoms with Crippen molar-refractivity contribution >= 4 is 29.4 Å². The van der Waals surface area contributed by atoms with Crippen molar-refractivity contribution in [1.82, 2.24) is 10.6 Å². The Morgan fingerprint density at radius 1 is 1.23 bits per heavy atom. The monoisotopic (exact) mass is 326 g/mol. The van der Waals surface area contributed by atoms with E-state index < -0.39 is 23.8 Å². The molecule has 0 heterocycles. The Kier molecular flexibility index (Phi) is 6.85. The van der Waals surface area contributed by atoms with Gasteiger partial charge in [0.05, 0.1) is 17.7 Å². The lowest BCUT2D eigenvalue weighted by Gasteiger charge is -2.21. The van der Waals surface area contributed by atoms with Crippen molar-refractivity contribution in [2.75, 3.05) is 13.7 Å². The molecule has 0 spiro atoms. The Balaban J connectivity index is 2.76. The van der Waals surface area contributed by atoms with E-state index >= 15 is 0 Å². The fraction of sp³-hybridized carbons (Fsp3) is 0.400.